The lowest BCUT2D eigenvalue weighted by molar-refractivity contribution is 0.103. The molecule has 0 unspecified atom stereocenters. The lowest BCUT2D eigenvalue weighted by Crippen LogP contribution is -2.48. The quantitative estimate of drug-likeness (QED) is 0.789. The van der Waals surface area contributed by atoms with Crippen molar-refractivity contribution in [3.8, 4) is 0 Å². The SMILES string of the molecule is Cc1nccc(CN2CCN(C(C)C)CC2)n1. The van der Waals surface area contributed by atoms with Crippen molar-refractivity contribution < 1.29 is 0 Å². The smallest absolute Gasteiger partial charge is 0.125 e. The summed E-state index contributed by atoms with van der Waals surface area (Å²) in [5.41, 5.74) is 1.13. The van der Waals surface area contributed by atoms with Crippen LogP contribution in [0.5, 0.6) is 0 Å². The molecule has 0 atom stereocenters. The normalized spacial score (nSPS) is 18.8. The number of aryl methyl sites for hydroxylation is 1. The number of rotatable bonds is 3. The third-order valence-corrected chi connectivity index (χ3v) is 3.36. The van der Waals surface area contributed by atoms with Gasteiger partial charge in [0.25, 0.3) is 0 Å². The molecule has 0 spiro atoms. The third kappa shape index (κ3) is 3.48. The van der Waals surface area contributed by atoms with E-state index in [-0.39, 0.29) is 0 Å². The summed E-state index contributed by atoms with van der Waals surface area (Å²) in [6.07, 6.45) is 1.85. The van der Waals surface area contributed by atoms with Gasteiger partial charge in [0.05, 0.1) is 5.69 Å². The fraction of sp³-hybridized carbons (Fsp3) is 0.692. The summed E-state index contributed by atoms with van der Waals surface area (Å²) in [4.78, 5) is 13.6. The average molecular weight is 234 g/mol. The second-order valence-corrected chi connectivity index (χ2v) is 5.00. The molecule has 4 heteroatoms. The minimum atomic E-state index is 0.665. The molecule has 2 rings (SSSR count). The number of hydrogen-bond acceptors (Lipinski definition) is 4. The molecule has 1 aliphatic rings. The summed E-state index contributed by atoms with van der Waals surface area (Å²) < 4.78 is 0. The van der Waals surface area contributed by atoms with Gasteiger partial charge in [0.1, 0.15) is 5.82 Å². The summed E-state index contributed by atoms with van der Waals surface area (Å²) in [6, 6.07) is 2.68. The Hall–Kier alpha value is -1.00. The van der Waals surface area contributed by atoms with Crippen molar-refractivity contribution >= 4 is 0 Å². The molecule has 0 aromatic carbocycles. The van der Waals surface area contributed by atoms with Crippen molar-refractivity contribution in [3.63, 3.8) is 0 Å². The Kier molecular flexibility index (Phi) is 4.07. The minimum Gasteiger partial charge on any atom is -0.298 e. The maximum absolute atomic E-state index is 4.46. The first kappa shape index (κ1) is 12.5. The highest BCUT2D eigenvalue weighted by molar-refractivity contribution is 5.01. The van der Waals surface area contributed by atoms with E-state index < -0.39 is 0 Å². The van der Waals surface area contributed by atoms with Crippen LogP contribution < -0.4 is 0 Å². The van der Waals surface area contributed by atoms with Crippen LogP contribution in [0.3, 0.4) is 0 Å². The van der Waals surface area contributed by atoms with Crippen molar-refractivity contribution in [2.75, 3.05) is 26.2 Å². The van der Waals surface area contributed by atoms with Gasteiger partial charge in [-0.1, -0.05) is 0 Å². The standard InChI is InChI=1S/C13H22N4/c1-11(2)17-8-6-16(7-9-17)10-13-4-5-14-12(3)15-13/h4-5,11H,6-10H2,1-3H3. The van der Waals surface area contributed by atoms with E-state index in [0.29, 0.717) is 6.04 Å². The van der Waals surface area contributed by atoms with Crippen molar-refractivity contribution in [2.45, 2.75) is 33.4 Å². The second kappa shape index (κ2) is 5.56. The first-order chi connectivity index (χ1) is 8.15. The fourth-order valence-corrected chi connectivity index (χ4v) is 2.26. The Bertz CT molecular complexity index is 356. The van der Waals surface area contributed by atoms with Crippen LogP contribution in [0.25, 0.3) is 0 Å². The molecule has 17 heavy (non-hydrogen) atoms. The Morgan fingerprint density at radius 3 is 2.53 bits per heavy atom. The molecule has 0 N–H and O–H groups in total. The van der Waals surface area contributed by atoms with E-state index in [0.717, 1.165) is 31.2 Å². The maximum Gasteiger partial charge on any atom is 0.125 e. The number of aromatic nitrogens is 2. The molecule has 0 radical (unpaired) electrons. The third-order valence-electron chi connectivity index (χ3n) is 3.36. The highest BCUT2D eigenvalue weighted by Crippen LogP contribution is 2.08. The van der Waals surface area contributed by atoms with E-state index in [1.54, 1.807) is 0 Å². The number of nitrogens with zero attached hydrogens (tertiary/aromatic N) is 4. The molecule has 0 bridgehead atoms. The van der Waals surface area contributed by atoms with Crippen molar-refractivity contribution in [3.05, 3.63) is 23.8 Å². The van der Waals surface area contributed by atoms with E-state index >= 15 is 0 Å². The predicted molar refractivity (Wildman–Crippen MR) is 68.8 cm³/mol. The van der Waals surface area contributed by atoms with Gasteiger partial charge in [-0.05, 0) is 26.8 Å². The Labute approximate surface area is 104 Å². The molecule has 2 heterocycles. The summed E-state index contributed by atoms with van der Waals surface area (Å²) in [5, 5.41) is 0. The molecule has 1 fully saturated rings. The van der Waals surface area contributed by atoms with Gasteiger partial charge < -0.3 is 0 Å². The van der Waals surface area contributed by atoms with E-state index in [2.05, 4.69) is 33.6 Å². The van der Waals surface area contributed by atoms with E-state index in [1.807, 2.05) is 19.2 Å². The molecule has 1 aromatic rings. The van der Waals surface area contributed by atoms with Gasteiger partial charge in [-0.3, -0.25) is 9.80 Å². The van der Waals surface area contributed by atoms with Crippen LogP contribution in [0, 0.1) is 6.92 Å². The lowest BCUT2D eigenvalue weighted by atomic mass is 10.2. The number of hydrogen-bond donors (Lipinski definition) is 0. The minimum absolute atomic E-state index is 0.665. The highest BCUT2D eigenvalue weighted by Gasteiger charge is 2.18. The monoisotopic (exact) mass is 234 g/mol. The van der Waals surface area contributed by atoms with Gasteiger partial charge in [-0.15, -0.1) is 0 Å². The molecule has 94 valence electrons. The fourth-order valence-electron chi connectivity index (χ4n) is 2.26. The lowest BCUT2D eigenvalue weighted by Gasteiger charge is -2.36. The highest BCUT2D eigenvalue weighted by atomic mass is 15.3. The topological polar surface area (TPSA) is 32.3 Å². The van der Waals surface area contributed by atoms with Gasteiger partial charge in [0, 0.05) is 45.0 Å². The average Bonchev–Trinajstić information content (AvgIpc) is 2.29. The molecule has 1 aromatic heterocycles. The van der Waals surface area contributed by atoms with Crippen LogP contribution in [0.2, 0.25) is 0 Å². The zero-order valence-corrected chi connectivity index (χ0v) is 11.1. The zero-order chi connectivity index (χ0) is 12.3. The van der Waals surface area contributed by atoms with E-state index in [4.69, 9.17) is 0 Å². The van der Waals surface area contributed by atoms with E-state index in [9.17, 15) is 0 Å². The first-order valence-electron chi connectivity index (χ1n) is 6.40. The second-order valence-electron chi connectivity index (χ2n) is 5.00. The maximum atomic E-state index is 4.46. The van der Waals surface area contributed by atoms with Crippen LogP contribution in [0.4, 0.5) is 0 Å². The largest absolute Gasteiger partial charge is 0.298 e. The first-order valence-corrected chi connectivity index (χ1v) is 6.40. The molecule has 1 saturated heterocycles. The van der Waals surface area contributed by atoms with Crippen molar-refractivity contribution in [2.24, 2.45) is 0 Å². The molecule has 0 amide bonds. The van der Waals surface area contributed by atoms with Gasteiger partial charge in [0.15, 0.2) is 0 Å². The van der Waals surface area contributed by atoms with Crippen LogP contribution in [0.15, 0.2) is 12.3 Å². The Morgan fingerprint density at radius 1 is 1.24 bits per heavy atom. The zero-order valence-electron chi connectivity index (χ0n) is 11.1. The Morgan fingerprint density at radius 2 is 1.94 bits per heavy atom. The summed E-state index contributed by atoms with van der Waals surface area (Å²) >= 11 is 0. The molecule has 1 aliphatic heterocycles. The van der Waals surface area contributed by atoms with Gasteiger partial charge in [-0.2, -0.15) is 0 Å². The summed E-state index contributed by atoms with van der Waals surface area (Å²) in [5.74, 6) is 0.864. The van der Waals surface area contributed by atoms with Gasteiger partial charge in [0.2, 0.25) is 0 Å². The molecule has 4 nitrogen and oxygen atoms in total. The molecule has 0 saturated carbocycles. The molecular formula is C13H22N4. The molecule has 0 aliphatic carbocycles. The Balaban J connectivity index is 1.86. The van der Waals surface area contributed by atoms with Crippen LogP contribution in [-0.4, -0.2) is 52.0 Å². The van der Waals surface area contributed by atoms with Gasteiger partial charge in [-0.25, -0.2) is 9.97 Å². The van der Waals surface area contributed by atoms with Gasteiger partial charge >= 0.3 is 0 Å². The number of piperazine rings is 1. The molecular weight excluding hydrogens is 212 g/mol. The van der Waals surface area contributed by atoms with Crippen molar-refractivity contribution in [1.82, 2.24) is 19.8 Å². The van der Waals surface area contributed by atoms with Crippen LogP contribution in [-0.2, 0) is 6.54 Å². The summed E-state index contributed by atoms with van der Waals surface area (Å²) in [7, 11) is 0. The predicted octanol–water partition coefficient (Wildman–Crippen LogP) is 1.31. The van der Waals surface area contributed by atoms with E-state index in [1.165, 1.54) is 13.1 Å². The summed E-state index contributed by atoms with van der Waals surface area (Å²) in [6.45, 7) is 12.0. The van der Waals surface area contributed by atoms with Crippen molar-refractivity contribution in [1.29, 1.82) is 0 Å². The van der Waals surface area contributed by atoms with Crippen LogP contribution in [0.1, 0.15) is 25.4 Å². The van der Waals surface area contributed by atoms with Crippen LogP contribution >= 0.6 is 0 Å².